The van der Waals surface area contributed by atoms with Crippen LogP contribution in [-0.4, -0.2) is 44.9 Å². The van der Waals surface area contributed by atoms with Crippen LogP contribution in [0.3, 0.4) is 0 Å². The first-order valence-corrected chi connectivity index (χ1v) is 9.46. The van der Waals surface area contributed by atoms with Crippen LogP contribution in [0.1, 0.15) is 29.2 Å². The van der Waals surface area contributed by atoms with Gasteiger partial charge in [0.1, 0.15) is 6.07 Å². The number of nitrogens with one attached hydrogen (secondary N) is 1. The Bertz CT molecular complexity index is 716. The lowest BCUT2D eigenvalue weighted by Crippen LogP contribution is -3.17. The van der Waals surface area contributed by atoms with Gasteiger partial charge in [-0.25, -0.2) is 8.42 Å². The third-order valence-electron chi connectivity index (χ3n) is 5.07. The molecule has 126 valence electrons. The number of aryl methyl sites for hydroxylation is 2. The zero-order valence-corrected chi connectivity index (χ0v) is 15.4. The van der Waals surface area contributed by atoms with Crippen molar-refractivity contribution < 1.29 is 13.3 Å². The van der Waals surface area contributed by atoms with Crippen LogP contribution in [0.5, 0.6) is 0 Å². The van der Waals surface area contributed by atoms with Gasteiger partial charge in [0, 0.05) is 6.92 Å². The van der Waals surface area contributed by atoms with E-state index in [2.05, 4.69) is 6.07 Å². The van der Waals surface area contributed by atoms with Gasteiger partial charge in [-0.05, 0) is 49.9 Å². The lowest BCUT2D eigenvalue weighted by molar-refractivity contribution is -0.918. The Morgan fingerprint density at radius 1 is 1.13 bits per heavy atom. The molecule has 1 aromatic carbocycles. The van der Waals surface area contributed by atoms with Crippen LogP contribution in [-0.2, 0) is 10.0 Å². The number of hydrogen-bond acceptors (Lipinski definition) is 3. The number of nitriles is 1. The molecule has 0 unspecified atom stereocenters. The highest BCUT2D eigenvalue weighted by molar-refractivity contribution is 7.89. The van der Waals surface area contributed by atoms with Crippen molar-refractivity contribution in [3.05, 3.63) is 28.3 Å². The van der Waals surface area contributed by atoms with Crippen LogP contribution in [0, 0.1) is 39.0 Å². The molecule has 1 atom stereocenters. The van der Waals surface area contributed by atoms with Crippen LogP contribution in [0.15, 0.2) is 11.0 Å². The van der Waals surface area contributed by atoms with Gasteiger partial charge >= 0.3 is 0 Å². The summed E-state index contributed by atoms with van der Waals surface area (Å²) in [6.45, 7) is 11.9. The molecule has 0 bridgehead atoms. The Morgan fingerprint density at radius 3 is 2.04 bits per heavy atom. The summed E-state index contributed by atoms with van der Waals surface area (Å²) in [6.07, 6.45) is 0. The van der Waals surface area contributed by atoms with Crippen molar-refractivity contribution in [1.82, 2.24) is 4.31 Å². The molecule has 6 heteroatoms. The minimum absolute atomic E-state index is 0.0930. The molecule has 1 saturated heterocycles. The molecule has 1 fully saturated rings. The number of quaternary nitrogens is 1. The van der Waals surface area contributed by atoms with E-state index in [0.29, 0.717) is 31.1 Å². The van der Waals surface area contributed by atoms with Crippen LogP contribution >= 0.6 is 0 Å². The third-order valence-corrected chi connectivity index (χ3v) is 7.24. The summed E-state index contributed by atoms with van der Waals surface area (Å²) in [5.41, 5.74) is 3.70. The third kappa shape index (κ3) is 3.27. The van der Waals surface area contributed by atoms with Gasteiger partial charge < -0.3 is 4.90 Å². The predicted octanol–water partition coefficient (Wildman–Crippen LogP) is 0.722. The summed E-state index contributed by atoms with van der Waals surface area (Å²) >= 11 is 0. The number of rotatable bonds is 3. The highest BCUT2D eigenvalue weighted by Gasteiger charge is 2.34. The Hall–Kier alpha value is -1.42. The van der Waals surface area contributed by atoms with Crippen molar-refractivity contribution in [3.8, 4) is 6.07 Å². The Kier molecular flexibility index (Phi) is 5.14. The minimum atomic E-state index is -3.49. The Balaban J connectivity index is 2.34. The van der Waals surface area contributed by atoms with E-state index in [1.807, 2.05) is 40.7 Å². The van der Waals surface area contributed by atoms with Crippen LogP contribution in [0.2, 0.25) is 0 Å². The molecule has 0 aromatic heterocycles. The number of hydrogen-bond donors (Lipinski definition) is 1. The normalized spacial score (nSPS) is 18.6. The topological polar surface area (TPSA) is 65.6 Å². The zero-order chi connectivity index (χ0) is 17.4. The first-order chi connectivity index (χ1) is 10.7. The van der Waals surface area contributed by atoms with E-state index in [4.69, 9.17) is 5.26 Å². The smallest absolute Gasteiger partial charge is 0.244 e. The molecular formula is C17H26N3O2S+. The molecule has 1 heterocycles. The second-order valence-electron chi connectivity index (χ2n) is 6.50. The summed E-state index contributed by atoms with van der Waals surface area (Å²) in [4.78, 5) is 1.62. The van der Waals surface area contributed by atoms with Crippen molar-refractivity contribution in [2.75, 3.05) is 26.2 Å². The lowest BCUT2D eigenvalue weighted by atomic mass is 10.0. The van der Waals surface area contributed by atoms with Gasteiger partial charge in [0.05, 0.1) is 31.1 Å². The summed E-state index contributed by atoms with van der Waals surface area (Å²) < 4.78 is 27.8. The molecule has 0 amide bonds. The molecule has 0 saturated carbocycles. The van der Waals surface area contributed by atoms with E-state index < -0.39 is 10.0 Å². The van der Waals surface area contributed by atoms with Gasteiger partial charge in [-0.3, -0.25) is 0 Å². The molecule has 23 heavy (non-hydrogen) atoms. The average molecular weight is 336 g/mol. The van der Waals surface area contributed by atoms with Crippen molar-refractivity contribution in [2.24, 2.45) is 0 Å². The second kappa shape index (κ2) is 6.60. The van der Waals surface area contributed by atoms with Gasteiger partial charge in [0.15, 0.2) is 6.04 Å². The molecule has 1 aliphatic heterocycles. The Labute approximate surface area is 139 Å². The standard InChI is InChI=1S/C17H25N3O2S/c1-12-10-13(2)16(5)17(15(12)4)23(21,22)20-8-6-19(7-9-20)14(3)11-18/h10,14H,6-9H2,1-5H3/p+1/t14-/m1/s1. The average Bonchev–Trinajstić information content (AvgIpc) is 2.52. The highest BCUT2D eigenvalue weighted by Crippen LogP contribution is 2.28. The highest BCUT2D eigenvalue weighted by atomic mass is 32.2. The monoisotopic (exact) mass is 336 g/mol. The summed E-state index contributed by atoms with van der Waals surface area (Å²) in [7, 11) is -3.49. The van der Waals surface area contributed by atoms with Gasteiger partial charge in [0.2, 0.25) is 10.0 Å². The van der Waals surface area contributed by atoms with Crippen molar-refractivity contribution in [3.63, 3.8) is 0 Å². The van der Waals surface area contributed by atoms with E-state index in [1.54, 1.807) is 4.31 Å². The second-order valence-corrected chi connectivity index (χ2v) is 8.38. The largest absolute Gasteiger partial charge is 0.319 e. The minimum Gasteiger partial charge on any atom is -0.319 e. The maximum atomic E-state index is 13.1. The van der Waals surface area contributed by atoms with Gasteiger partial charge in [0.25, 0.3) is 0 Å². The summed E-state index contributed by atoms with van der Waals surface area (Å²) in [6, 6.07) is 4.20. The number of nitrogens with zero attached hydrogens (tertiary/aromatic N) is 2. The zero-order valence-electron chi connectivity index (χ0n) is 14.6. The molecule has 1 N–H and O–H groups in total. The fraction of sp³-hybridized carbons (Fsp3) is 0.588. The van der Waals surface area contributed by atoms with Crippen molar-refractivity contribution in [2.45, 2.75) is 45.6 Å². The van der Waals surface area contributed by atoms with E-state index in [-0.39, 0.29) is 6.04 Å². The molecule has 0 radical (unpaired) electrons. The first-order valence-electron chi connectivity index (χ1n) is 8.02. The molecule has 5 nitrogen and oxygen atoms in total. The number of sulfonamides is 1. The molecule has 0 spiro atoms. The maximum absolute atomic E-state index is 13.1. The maximum Gasteiger partial charge on any atom is 0.244 e. The quantitative estimate of drug-likeness (QED) is 0.885. The lowest BCUT2D eigenvalue weighted by Gasteiger charge is -2.33. The van der Waals surface area contributed by atoms with Crippen LogP contribution in [0.4, 0.5) is 0 Å². The van der Waals surface area contributed by atoms with Gasteiger partial charge in [-0.2, -0.15) is 9.57 Å². The molecule has 1 aromatic rings. The van der Waals surface area contributed by atoms with E-state index in [0.717, 1.165) is 27.2 Å². The van der Waals surface area contributed by atoms with E-state index in [9.17, 15) is 8.42 Å². The molecule has 1 aliphatic rings. The fourth-order valence-electron chi connectivity index (χ4n) is 3.23. The van der Waals surface area contributed by atoms with Crippen LogP contribution < -0.4 is 4.90 Å². The van der Waals surface area contributed by atoms with E-state index >= 15 is 0 Å². The fourth-order valence-corrected chi connectivity index (χ4v) is 5.25. The first kappa shape index (κ1) is 17.9. The Morgan fingerprint density at radius 2 is 1.61 bits per heavy atom. The molecule has 2 rings (SSSR count). The van der Waals surface area contributed by atoms with Gasteiger partial charge in [-0.1, -0.05) is 6.07 Å². The summed E-state index contributed by atoms with van der Waals surface area (Å²) in [5, 5.41) is 9.02. The molecular weight excluding hydrogens is 310 g/mol. The summed E-state index contributed by atoms with van der Waals surface area (Å²) in [5.74, 6) is 0. The van der Waals surface area contributed by atoms with Gasteiger partial charge in [-0.15, -0.1) is 0 Å². The number of benzene rings is 1. The number of piperazine rings is 1. The van der Waals surface area contributed by atoms with Crippen molar-refractivity contribution >= 4 is 10.0 Å². The predicted molar refractivity (Wildman–Crippen MR) is 89.9 cm³/mol. The van der Waals surface area contributed by atoms with Crippen molar-refractivity contribution in [1.29, 1.82) is 5.26 Å². The SMILES string of the molecule is Cc1cc(C)c(C)c(S(=O)(=O)N2CC[NH+]([C@H](C)C#N)CC2)c1C. The van der Waals surface area contributed by atoms with Crippen LogP contribution in [0.25, 0.3) is 0 Å². The molecule has 0 aliphatic carbocycles. The van der Waals surface area contributed by atoms with E-state index in [1.165, 1.54) is 0 Å².